The van der Waals surface area contributed by atoms with Gasteiger partial charge in [0.05, 0.1) is 13.2 Å². The van der Waals surface area contributed by atoms with E-state index in [0.29, 0.717) is 18.1 Å². The quantitative estimate of drug-likeness (QED) is 0.773. The van der Waals surface area contributed by atoms with Gasteiger partial charge in [-0.3, -0.25) is 9.78 Å². The van der Waals surface area contributed by atoms with Crippen molar-refractivity contribution < 1.29 is 9.53 Å². The number of anilines is 1. The van der Waals surface area contributed by atoms with Crippen LogP contribution in [0, 0.1) is 0 Å². The van der Waals surface area contributed by atoms with Gasteiger partial charge in [-0.2, -0.15) is 0 Å². The number of aryl methyl sites for hydroxylation is 1. The van der Waals surface area contributed by atoms with E-state index in [1.807, 2.05) is 44.9 Å². The topological polar surface area (TPSA) is 80.2 Å². The summed E-state index contributed by atoms with van der Waals surface area (Å²) in [5.74, 6) is 2.12. The van der Waals surface area contributed by atoms with Gasteiger partial charge in [-0.25, -0.2) is 9.97 Å². The van der Waals surface area contributed by atoms with E-state index in [2.05, 4.69) is 17.2 Å². The second kappa shape index (κ2) is 8.76. The lowest BCUT2D eigenvalue weighted by atomic mass is 10.1. The summed E-state index contributed by atoms with van der Waals surface area (Å²) >= 11 is 0. The van der Waals surface area contributed by atoms with Gasteiger partial charge in [0.15, 0.2) is 5.82 Å². The maximum atomic E-state index is 12.4. The van der Waals surface area contributed by atoms with Crippen molar-refractivity contribution in [3.63, 3.8) is 0 Å². The van der Waals surface area contributed by atoms with Crippen molar-refractivity contribution in [2.24, 2.45) is 0 Å². The number of likely N-dealkylation sites (N-methyl/N-ethyl adjacent to an activating group) is 1. The number of aromatic nitrogens is 3. The molecule has 3 rings (SSSR count). The van der Waals surface area contributed by atoms with Crippen molar-refractivity contribution in [2.75, 3.05) is 25.1 Å². The predicted octanol–water partition coefficient (Wildman–Crippen LogP) is 3.17. The summed E-state index contributed by atoms with van der Waals surface area (Å²) in [4.78, 5) is 28.4. The van der Waals surface area contributed by atoms with E-state index >= 15 is 0 Å². The fourth-order valence-corrected chi connectivity index (χ4v) is 3.43. The normalized spacial score (nSPS) is 13.1. The van der Waals surface area contributed by atoms with Gasteiger partial charge in [-0.1, -0.05) is 6.92 Å². The van der Waals surface area contributed by atoms with Gasteiger partial charge in [-0.15, -0.1) is 0 Å². The number of rotatable bonds is 7. The zero-order valence-corrected chi connectivity index (χ0v) is 18.1. The lowest BCUT2D eigenvalue weighted by molar-refractivity contribution is -0.121. The molecule has 0 bridgehead atoms. The molecule has 1 amide bonds. The van der Waals surface area contributed by atoms with Gasteiger partial charge in [0.25, 0.3) is 0 Å². The maximum Gasteiger partial charge on any atom is 0.239 e. The molecule has 156 valence electrons. The molecular weight excluding hydrogens is 366 g/mol. The van der Waals surface area contributed by atoms with Crippen LogP contribution in [0.3, 0.4) is 0 Å². The fraction of sp³-hybridized carbons (Fsp3) is 0.545. The SMILES string of the molecule is CCCOc1ccnc(-c2nc3c(c(N(C)CC(=O)NC(C)(C)C)n2)CCC3)c1. The number of fused-ring (bicyclic) bond motifs is 1. The number of hydrogen-bond acceptors (Lipinski definition) is 6. The van der Waals surface area contributed by atoms with Gasteiger partial charge in [0, 0.05) is 36.1 Å². The number of ether oxygens (including phenoxy) is 1. The van der Waals surface area contributed by atoms with E-state index in [1.165, 1.54) is 0 Å². The number of nitrogens with zero attached hydrogens (tertiary/aromatic N) is 4. The standard InChI is InChI=1S/C22H31N5O2/c1-6-12-29-15-10-11-23-18(13-15)20-24-17-9-7-8-16(17)21(25-20)27(5)14-19(28)26-22(2,3)4/h10-11,13H,6-9,12,14H2,1-5H3,(H,26,28). The van der Waals surface area contributed by atoms with Gasteiger partial charge >= 0.3 is 0 Å². The smallest absolute Gasteiger partial charge is 0.239 e. The van der Waals surface area contributed by atoms with Crippen LogP contribution in [-0.4, -0.2) is 46.6 Å². The van der Waals surface area contributed by atoms with Crippen molar-refractivity contribution in [3.05, 3.63) is 29.6 Å². The largest absolute Gasteiger partial charge is 0.493 e. The van der Waals surface area contributed by atoms with Crippen molar-refractivity contribution in [2.45, 2.75) is 58.9 Å². The minimum absolute atomic E-state index is 0.0278. The van der Waals surface area contributed by atoms with Crippen LogP contribution in [-0.2, 0) is 17.6 Å². The van der Waals surface area contributed by atoms with E-state index in [4.69, 9.17) is 14.7 Å². The lowest BCUT2D eigenvalue weighted by Crippen LogP contribution is -2.45. The van der Waals surface area contributed by atoms with Crippen LogP contribution in [0.15, 0.2) is 18.3 Å². The molecule has 0 spiro atoms. The molecule has 2 aromatic heterocycles. The average Bonchev–Trinajstić information content (AvgIpc) is 3.12. The Hall–Kier alpha value is -2.70. The Kier molecular flexibility index (Phi) is 6.35. The van der Waals surface area contributed by atoms with E-state index in [-0.39, 0.29) is 18.0 Å². The molecule has 29 heavy (non-hydrogen) atoms. The zero-order valence-electron chi connectivity index (χ0n) is 18.1. The Labute approximate surface area is 172 Å². The summed E-state index contributed by atoms with van der Waals surface area (Å²) in [6.07, 6.45) is 5.57. The molecular formula is C22H31N5O2. The molecule has 1 aliphatic carbocycles. The summed E-state index contributed by atoms with van der Waals surface area (Å²) in [5, 5.41) is 3.01. The Morgan fingerprint density at radius 1 is 1.28 bits per heavy atom. The van der Waals surface area contributed by atoms with Crippen LogP contribution in [0.5, 0.6) is 5.75 Å². The maximum absolute atomic E-state index is 12.4. The Bertz CT molecular complexity index is 876. The van der Waals surface area contributed by atoms with Crippen LogP contribution in [0.4, 0.5) is 5.82 Å². The summed E-state index contributed by atoms with van der Waals surface area (Å²) < 4.78 is 5.73. The lowest BCUT2D eigenvalue weighted by Gasteiger charge is -2.25. The van der Waals surface area contributed by atoms with Crippen molar-refractivity contribution >= 4 is 11.7 Å². The zero-order chi connectivity index (χ0) is 21.0. The molecule has 7 heteroatoms. The van der Waals surface area contributed by atoms with E-state index in [9.17, 15) is 4.79 Å². The third-order valence-electron chi connectivity index (χ3n) is 4.60. The molecule has 0 aliphatic heterocycles. The molecule has 7 nitrogen and oxygen atoms in total. The number of amides is 1. The molecule has 0 aromatic carbocycles. The van der Waals surface area contributed by atoms with Gasteiger partial charge in [0.2, 0.25) is 5.91 Å². The highest BCUT2D eigenvalue weighted by Crippen LogP contribution is 2.31. The van der Waals surface area contributed by atoms with Crippen LogP contribution >= 0.6 is 0 Å². The minimum Gasteiger partial charge on any atom is -0.493 e. The first kappa shape index (κ1) is 21.0. The first-order chi connectivity index (χ1) is 13.8. The molecule has 0 atom stereocenters. The number of hydrogen-bond donors (Lipinski definition) is 1. The molecule has 2 heterocycles. The third kappa shape index (κ3) is 5.43. The Morgan fingerprint density at radius 2 is 2.07 bits per heavy atom. The van der Waals surface area contributed by atoms with Crippen molar-refractivity contribution in [3.8, 4) is 17.3 Å². The molecule has 1 aliphatic rings. The van der Waals surface area contributed by atoms with Crippen LogP contribution in [0.25, 0.3) is 11.5 Å². The van der Waals surface area contributed by atoms with Gasteiger partial charge in [0.1, 0.15) is 17.3 Å². The number of carbonyl (C=O) groups is 1. The molecule has 0 fully saturated rings. The number of nitrogens with one attached hydrogen (secondary N) is 1. The summed E-state index contributed by atoms with van der Waals surface area (Å²) in [5.41, 5.74) is 2.61. The summed E-state index contributed by atoms with van der Waals surface area (Å²) in [6.45, 7) is 8.90. The van der Waals surface area contributed by atoms with Crippen molar-refractivity contribution in [1.82, 2.24) is 20.3 Å². The van der Waals surface area contributed by atoms with E-state index in [0.717, 1.165) is 48.5 Å². The molecule has 2 aromatic rings. The second-order valence-electron chi connectivity index (χ2n) is 8.53. The first-order valence-corrected chi connectivity index (χ1v) is 10.3. The van der Waals surface area contributed by atoms with E-state index in [1.54, 1.807) is 6.20 Å². The van der Waals surface area contributed by atoms with Crippen LogP contribution in [0.2, 0.25) is 0 Å². The molecule has 1 N–H and O–H groups in total. The van der Waals surface area contributed by atoms with Crippen LogP contribution in [0.1, 0.15) is 51.8 Å². The van der Waals surface area contributed by atoms with Gasteiger partial charge < -0.3 is 15.0 Å². The van der Waals surface area contributed by atoms with Crippen molar-refractivity contribution in [1.29, 1.82) is 0 Å². The monoisotopic (exact) mass is 397 g/mol. The molecule has 0 saturated heterocycles. The number of pyridine rings is 1. The highest BCUT2D eigenvalue weighted by Gasteiger charge is 2.24. The summed E-state index contributed by atoms with van der Waals surface area (Å²) in [6, 6.07) is 3.72. The Balaban J connectivity index is 1.89. The molecule has 0 saturated carbocycles. The van der Waals surface area contributed by atoms with Crippen LogP contribution < -0.4 is 15.0 Å². The molecule has 0 radical (unpaired) electrons. The third-order valence-corrected chi connectivity index (χ3v) is 4.60. The number of carbonyl (C=O) groups excluding carboxylic acids is 1. The fourth-order valence-electron chi connectivity index (χ4n) is 3.43. The van der Waals surface area contributed by atoms with E-state index < -0.39 is 0 Å². The second-order valence-corrected chi connectivity index (χ2v) is 8.53. The first-order valence-electron chi connectivity index (χ1n) is 10.3. The molecule has 0 unspecified atom stereocenters. The highest BCUT2D eigenvalue weighted by atomic mass is 16.5. The predicted molar refractivity (Wildman–Crippen MR) is 114 cm³/mol. The van der Waals surface area contributed by atoms with Gasteiger partial charge in [-0.05, 0) is 52.5 Å². The average molecular weight is 398 g/mol. The Morgan fingerprint density at radius 3 is 2.79 bits per heavy atom. The minimum atomic E-state index is -0.264. The highest BCUT2D eigenvalue weighted by molar-refractivity contribution is 5.82. The summed E-state index contributed by atoms with van der Waals surface area (Å²) in [7, 11) is 1.90.